The first-order valence-electron chi connectivity index (χ1n) is 4.57. The van der Waals surface area contributed by atoms with Gasteiger partial charge in [0.05, 0.1) is 6.54 Å². The predicted octanol–water partition coefficient (Wildman–Crippen LogP) is 0.532. The molecule has 0 unspecified atom stereocenters. The highest BCUT2D eigenvalue weighted by molar-refractivity contribution is 5.94. The van der Waals surface area contributed by atoms with Crippen LogP contribution in [0.25, 0.3) is 0 Å². The molecule has 0 fully saturated rings. The summed E-state index contributed by atoms with van der Waals surface area (Å²) >= 11 is 0. The fourth-order valence-electron chi connectivity index (χ4n) is 1.12. The van der Waals surface area contributed by atoms with Crippen molar-refractivity contribution in [1.82, 2.24) is 4.90 Å². The van der Waals surface area contributed by atoms with Gasteiger partial charge in [-0.05, 0) is 12.8 Å². The van der Waals surface area contributed by atoms with Crippen LogP contribution in [0.4, 0.5) is 0 Å². The average molecular weight is 198 g/mol. The molecule has 0 aliphatic rings. The molecule has 2 N–H and O–H groups in total. The van der Waals surface area contributed by atoms with Crippen LogP contribution in [-0.2, 0) is 9.59 Å². The van der Waals surface area contributed by atoms with Crippen molar-refractivity contribution in [3.63, 3.8) is 0 Å². The first-order valence-corrected chi connectivity index (χ1v) is 4.57. The number of hydrogen-bond donors (Lipinski definition) is 1. The molecular formula is C10H18N2O2. The second-order valence-corrected chi connectivity index (χ2v) is 3.83. The quantitative estimate of drug-likeness (QED) is 0.655. The summed E-state index contributed by atoms with van der Waals surface area (Å²) in [6.07, 6.45) is 0. The van der Waals surface area contributed by atoms with Gasteiger partial charge in [0.1, 0.15) is 0 Å². The SMILES string of the molecule is C=C(C)C(=O)N(CC(N)=O)CC(C)C. The second kappa shape index (κ2) is 5.42. The monoisotopic (exact) mass is 198 g/mol. The Morgan fingerprint density at radius 3 is 2.21 bits per heavy atom. The lowest BCUT2D eigenvalue weighted by atomic mass is 10.2. The summed E-state index contributed by atoms with van der Waals surface area (Å²) < 4.78 is 0. The van der Waals surface area contributed by atoms with Crippen LogP contribution in [0, 0.1) is 5.92 Å². The van der Waals surface area contributed by atoms with Gasteiger partial charge in [-0.15, -0.1) is 0 Å². The van der Waals surface area contributed by atoms with E-state index in [0.29, 0.717) is 18.0 Å². The Morgan fingerprint density at radius 1 is 1.43 bits per heavy atom. The van der Waals surface area contributed by atoms with Crippen LogP contribution in [0.3, 0.4) is 0 Å². The molecule has 0 aromatic rings. The molecule has 14 heavy (non-hydrogen) atoms. The van der Waals surface area contributed by atoms with E-state index in [1.165, 1.54) is 4.90 Å². The van der Waals surface area contributed by atoms with Gasteiger partial charge in [0.2, 0.25) is 11.8 Å². The smallest absolute Gasteiger partial charge is 0.249 e. The minimum Gasteiger partial charge on any atom is -0.368 e. The molecule has 0 aliphatic heterocycles. The standard InChI is InChI=1S/C10H18N2O2/c1-7(2)5-12(6-9(11)13)10(14)8(3)4/h7H,3,5-6H2,1-2,4H3,(H2,11,13). The van der Waals surface area contributed by atoms with Gasteiger partial charge in [-0.3, -0.25) is 9.59 Å². The molecule has 0 heterocycles. The van der Waals surface area contributed by atoms with Crippen molar-refractivity contribution < 1.29 is 9.59 Å². The van der Waals surface area contributed by atoms with E-state index < -0.39 is 5.91 Å². The Kier molecular flexibility index (Phi) is 4.91. The molecule has 0 atom stereocenters. The highest BCUT2D eigenvalue weighted by Gasteiger charge is 2.16. The number of primary amides is 1. The largest absolute Gasteiger partial charge is 0.368 e. The van der Waals surface area contributed by atoms with E-state index in [-0.39, 0.29) is 12.5 Å². The number of amides is 2. The molecule has 4 heteroatoms. The summed E-state index contributed by atoms with van der Waals surface area (Å²) in [5.74, 6) is -0.407. The Morgan fingerprint density at radius 2 is 1.93 bits per heavy atom. The number of nitrogens with zero attached hydrogens (tertiary/aromatic N) is 1. The lowest BCUT2D eigenvalue weighted by Crippen LogP contribution is -2.40. The summed E-state index contributed by atoms with van der Waals surface area (Å²) in [5.41, 5.74) is 5.47. The van der Waals surface area contributed by atoms with Gasteiger partial charge in [-0.2, -0.15) is 0 Å². The van der Waals surface area contributed by atoms with Gasteiger partial charge in [0.25, 0.3) is 0 Å². The molecule has 0 saturated carbocycles. The molecule has 0 rings (SSSR count). The third-order valence-electron chi connectivity index (χ3n) is 1.58. The highest BCUT2D eigenvalue weighted by atomic mass is 16.2. The van der Waals surface area contributed by atoms with E-state index in [1.807, 2.05) is 13.8 Å². The van der Waals surface area contributed by atoms with Crippen LogP contribution < -0.4 is 5.73 Å². The van der Waals surface area contributed by atoms with E-state index in [2.05, 4.69) is 6.58 Å². The fraction of sp³-hybridized carbons (Fsp3) is 0.600. The maximum atomic E-state index is 11.5. The van der Waals surface area contributed by atoms with Crippen molar-refractivity contribution in [2.75, 3.05) is 13.1 Å². The molecule has 4 nitrogen and oxygen atoms in total. The molecule has 0 aromatic carbocycles. The van der Waals surface area contributed by atoms with Gasteiger partial charge >= 0.3 is 0 Å². The van der Waals surface area contributed by atoms with Crippen LogP contribution in [-0.4, -0.2) is 29.8 Å². The number of nitrogens with two attached hydrogens (primary N) is 1. The number of carbonyl (C=O) groups is 2. The van der Waals surface area contributed by atoms with Gasteiger partial charge in [0, 0.05) is 12.1 Å². The van der Waals surface area contributed by atoms with Crippen molar-refractivity contribution in [3.8, 4) is 0 Å². The number of hydrogen-bond acceptors (Lipinski definition) is 2. The van der Waals surface area contributed by atoms with Crippen LogP contribution in [0.15, 0.2) is 12.2 Å². The van der Waals surface area contributed by atoms with Crippen molar-refractivity contribution in [3.05, 3.63) is 12.2 Å². The van der Waals surface area contributed by atoms with Crippen molar-refractivity contribution in [2.45, 2.75) is 20.8 Å². The molecule has 0 aliphatic carbocycles. The Labute approximate surface area is 84.8 Å². The van der Waals surface area contributed by atoms with Gasteiger partial charge in [-0.25, -0.2) is 0 Å². The molecule has 2 amide bonds. The maximum Gasteiger partial charge on any atom is 0.249 e. The fourth-order valence-corrected chi connectivity index (χ4v) is 1.12. The zero-order valence-corrected chi connectivity index (χ0v) is 9.04. The van der Waals surface area contributed by atoms with Crippen LogP contribution >= 0.6 is 0 Å². The maximum absolute atomic E-state index is 11.5. The average Bonchev–Trinajstić information content (AvgIpc) is 1.99. The molecule has 0 aromatic heterocycles. The zero-order valence-electron chi connectivity index (χ0n) is 9.04. The first kappa shape index (κ1) is 12.7. The zero-order chi connectivity index (χ0) is 11.3. The Balaban J connectivity index is 4.46. The van der Waals surface area contributed by atoms with Crippen molar-refractivity contribution in [2.24, 2.45) is 11.7 Å². The van der Waals surface area contributed by atoms with Crippen molar-refractivity contribution >= 4 is 11.8 Å². The summed E-state index contributed by atoms with van der Waals surface area (Å²) in [7, 11) is 0. The molecule has 0 radical (unpaired) electrons. The van der Waals surface area contributed by atoms with Crippen LogP contribution in [0.5, 0.6) is 0 Å². The van der Waals surface area contributed by atoms with E-state index in [4.69, 9.17) is 5.73 Å². The second-order valence-electron chi connectivity index (χ2n) is 3.83. The molecule has 0 spiro atoms. The molecular weight excluding hydrogens is 180 g/mol. The normalized spacial score (nSPS) is 10.0. The Bertz CT molecular complexity index is 247. The topological polar surface area (TPSA) is 63.4 Å². The van der Waals surface area contributed by atoms with Gasteiger partial charge in [-0.1, -0.05) is 20.4 Å². The van der Waals surface area contributed by atoms with Gasteiger partial charge < -0.3 is 10.6 Å². The summed E-state index contributed by atoms with van der Waals surface area (Å²) in [5, 5.41) is 0. The van der Waals surface area contributed by atoms with Gasteiger partial charge in [0.15, 0.2) is 0 Å². The minimum absolute atomic E-state index is 0.0378. The van der Waals surface area contributed by atoms with Crippen LogP contribution in [0.1, 0.15) is 20.8 Å². The highest BCUT2D eigenvalue weighted by Crippen LogP contribution is 2.03. The summed E-state index contributed by atoms with van der Waals surface area (Å²) in [6, 6.07) is 0. The first-order chi connectivity index (χ1) is 6.34. The summed E-state index contributed by atoms with van der Waals surface area (Å²) in [6.45, 7) is 9.60. The van der Waals surface area contributed by atoms with Crippen molar-refractivity contribution in [1.29, 1.82) is 0 Å². The van der Waals surface area contributed by atoms with E-state index >= 15 is 0 Å². The lowest BCUT2D eigenvalue weighted by Gasteiger charge is -2.23. The van der Waals surface area contributed by atoms with Crippen LogP contribution in [0.2, 0.25) is 0 Å². The van der Waals surface area contributed by atoms with E-state index in [1.54, 1.807) is 6.92 Å². The molecule has 80 valence electrons. The van der Waals surface area contributed by atoms with E-state index in [0.717, 1.165) is 0 Å². The lowest BCUT2D eigenvalue weighted by molar-refractivity contribution is -0.132. The predicted molar refractivity (Wildman–Crippen MR) is 55.4 cm³/mol. The molecule has 0 bridgehead atoms. The number of rotatable bonds is 5. The minimum atomic E-state index is -0.500. The Hall–Kier alpha value is -1.32. The third-order valence-corrected chi connectivity index (χ3v) is 1.58. The van der Waals surface area contributed by atoms with E-state index in [9.17, 15) is 9.59 Å². The third kappa shape index (κ3) is 4.64. The summed E-state index contributed by atoms with van der Waals surface area (Å²) in [4.78, 5) is 23.7. The molecule has 0 saturated heterocycles. The number of carbonyl (C=O) groups excluding carboxylic acids is 2.